The third kappa shape index (κ3) is 7.77. The molecule has 11 heteroatoms. The van der Waals surface area contributed by atoms with E-state index in [-0.39, 0.29) is 44.6 Å². The number of amides is 5. The number of benzene rings is 2. The summed E-state index contributed by atoms with van der Waals surface area (Å²) in [7, 11) is 0. The number of nitrogens with zero attached hydrogens (tertiary/aromatic N) is 2. The molecule has 2 heterocycles. The van der Waals surface area contributed by atoms with Crippen LogP contribution in [0.2, 0.25) is 0 Å². The summed E-state index contributed by atoms with van der Waals surface area (Å²) in [6, 6.07) is 14.7. The highest BCUT2D eigenvalue weighted by molar-refractivity contribution is 6.38. The Kier molecular flexibility index (Phi) is 9.83. The van der Waals surface area contributed by atoms with E-state index < -0.39 is 47.7 Å². The van der Waals surface area contributed by atoms with Crippen LogP contribution in [0.25, 0.3) is 0 Å². The highest BCUT2D eigenvalue weighted by atomic mass is 16.2. The second-order valence-corrected chi connectivity index (χ2v) is 10.4. The molecule has 5 amide bonds. The molecular weight excluding hydrogens is 526 g/mol. The van der Waals surface area contributed by atoms with E-state index in [1.54, 1.807) is 24.3 Å². The smallest absolute Gasteiger partial charge is 0.318 e. The maximum atomic E-state index is 13.9. The summed E-state index contributed by atoms with van der Waals surface area (Å²) >= 11 is 0. The van der Waals surface area contributed by atoms with Gasteiger partial charge in [-0.3, -0.25) is 24.0 Å². The van der Waals surface area contributed by atoms with Gasteiger partial charge >= 0.3 is 6.03 Å². The molecule has 0 aliphatic carbocycles. The van der Waals surface area contributed by atoms with Crippen molar-refractivity contribution in [3.63, 3.8) is 0 Å². The summed E-state index contributed by atoms with van der Waals surface area (Å²) < 4.78 is 0. The Labute approximate surface area is 238 Å². The molecule has 2 aliphatic rings. The topological polar surface area (TPSA) is 159 Å². The summed E-state index contributed by atoms with van der Waals surface area (Å²) in [6.45, 7) is 0.855. The van der Waals surface area contributed by atoms with E-state index in [2.05, 4.69) is 10.6 Å². The van der Waals surface area contributed by atoms with Gasteiger partial charge in [0.25, 0.3) is 5.91 Å². The lowest BCUT2D eigenvalue weighted by Crippen LogP contribution is -2.58. The third-order valence-electron chi connectivity index (χ3n) is 7.48. The number of nitrogens with one attached hydrogen (secondary N) is 2. The number of urea groups is 1. The standard InChI is InChI=1S/C30H35N5O6/c31-27(38)26(37)23(18-20-8-3-1-4-9-20)32-28(39)25-12-7-15-35(25)29(40)24(19-21-10-5-2-6-11-21)33-30(41)34-16-13-22(36)14-17-34/h1-6,8-11,23-25H,7,12-19H2,(H2,31,38)(H,32,39)(H,33,41)/t23-,24-,25-/m0/s1. The molecule has 0 unspecified atom stereocenters. The molecular formula is C30H35N5O6. The Morgan fingerprint density at radius 2 is 1.37 bits per heavy atom. The summed E-state index contributed by atoms with van der Waals surface area (Å²) in [5.74, 6) is -2.97. The first-order valence-electron chi connectivity index (χ1n) is 13.8. The molecule has 2 fully saturated rings. The fourth-order valence-electron chi connectivity index (χ4n) is 5.25. The first-order chi connectivity index (χ1) is 19.7. The molecule has 3 atom stereocenters. The van der Waals surface area contributed by atoms with Gasteiger partial charge in [0.15, 0.2) is 0 Å². The minimum atomic E-state index is -1.18. The molecule has 216 valence electrons. The molecule has 0 spiro atoms. The number of carbonyl (C=O) groups is 6. The summed E-state index contributed by atoms with van der Waals surface area (Å²) in [4.78, 5) is 79.2. The van der Waals surface area contributed by atoms with Crippen LogP contribution in [0.3, 0.4) is 0 Å². The number of ketones is 2. The van der Waals surface area contributed by atoms with Gasteiger partial charge in [0.05, 0.1) is 0 Å². The van der Waals surface area contributed by atoms with E-state index in [0.717, 1.165) is 11.1 Å². The van der Waals surface area contributed by atoms with Gasteiger partial charge in [-0.05, 0) is 24.0 Å². The third-order valence-corrected chi connectivity index (χ3v) is 7.48. The van der Waals surface area contributed by atoms with Crippen molar-refractivity contribution in [3.8, 4) is 0 Å². The van der Waals surface area contributed by atoms with Gasteiger partial charge in [0, 0.05) is 45.3 Å². The van der Waals surface area contributed by atoms with E-state index in [9.17, 15) is 28.8 Å². The van der Waals surface area contributed by atoms with Crippen LogP contribution in [0.15, 0.2) is 60.7 Å². The normalized spacial score (nSPS) is 18.3. The molecule has 2 saturated heterocycles. The molecule has 11 nitrogen and oxygen atoms in total. The lowest BCUT2D eigenvalue weighted by Gasteiger charge is -2.32. The predicted molar refractivity (Wildman–Crippen MR) is 149 cm³/mol. The molecule has 2 aromatic rings. The Bertz CT molecular complexity index is 1270. The summed E-state index contributed by atoms with van der Waals surface area (Å²) in [5.41, 5.74) is 6.82. The van der Waals surface area contributed by atoms with E-state index >= 15 is 0 Å². The number of Topliss-reactive ketones (excluding diaryl/α,β-unsaturated/α-hetero) is 2. The number of carbonyl (C=O) groups excluding carboxylic acids is 6. The Morgan fingerprint density at radius 1 is 0.805 bits per heavy atom. The lowest BCUT2D eigenvalue weighted by atomic mass is 10.0. The van der Waals surface area contributed by atoms with Crippen molar-refractivity contribution in [1.29, 1.82) is 0 Å². The molecule has 41 heavy (non-hydrogen) atoms. The number of primary amides is 1. The van der Waals surface area contributed by atoms with Crippen molar-refractivity contribution in [3.05, 3.63) is 71.8 Å². The number of piperidine rings is 1. The summed E-state index contributed by atoms with van der Waals surface area (Å²) in [6.07, 6.45) is 1.73. The van der Waals surface area contributed by atoms with Crippen LogP contribution in [0, 0.1) is 0 Å². The van der Waals surface area contributed by atoms with Gasteiger partial charge in [0.2, 0.25) is 17.6 Å². The molecule has 4 N–H and O–H groups in total. The van der Waals surface area contributed by atoms with Crippen LogP contribution < -0.4 is 16.4 Å². The average Bonchev–Trinajstić information content (AvgIpc) is 3.47. The average molecular weight is 562 g/mol. The Morgan fingerprint density at radius 3 is 1.93 bits per heavy atom. The van der Waals surface area contributed by atoms with Crippen molar-refractivity contribution in [2.75, 3.05) is 19.6 Å². The minimum Gasteiger partial charge on any atom is -0.363 e. The van der Waals surface area contributed by atoms with Crippen molar-refractivity contribution in [1.82, 2.24) is 20.4 Å². The monoisotopic (exact) mass is 561 g/mol. The molecule has 2 aromatic carbocycles. The zero-order valence-electron chi connectivity index (χ0n) is 22.8. The van der Waals surface area contributed by atoms with Gasteiger partial charge in [-0.1, -0.05) is 60.7 Å². The number of likely N-dealkylation sites (tertiary alicyclic amines) is 2. The van der Waals surface area contributed by atoms with Gasteiger partial charge in [-0.25, -0.2) is 4.79 Å². The molecule has 4 rings (SSSR count). The van der Waals surface area contributed by atoms with Crippen molar-refractivity contribution in [2.45, 2.75) is 56.7 Å². The van der Waals surface area contributed by atoms with Crippen LogP contribution in [-0.2, 0) is 36.8 Å². The molecule has 0 radical (unpaired) electrons. The first kappa shape index (κ1) is 29.4. The van der Waals surface area contributed by atoms with Crippen LogP contribution in [0.5, 0.6) is 0 Å². The number of rotatable bonds is 10. The van der Waals surface area contributed by atoms with Crippen LogP contribution in [0.1, 0.15) is 36.8 Å². The number of nitrogens with two attached hydrogens (primary N) is 1. The van der Waals surface area contributed by atoms with Crippen LogP contribution in [0.4, 0.5) is 4.79 Å². The van der Waals surface area contributed by atoms with Crippen molar-refractivity contribution < 1.29 is 28.8 Å². The number of hydrogen-bond donors (Lipinski definition) is 3. The van der Waals surface area contributed by atoms with Gasteiger partial charge in [-0.2, -0.15) is 0 Å². The van der Waals surface area contributed by atoms with E-state index in [1.165, 1.54) is 9.80 Å². The predicted octanol–water partition coefficient (Wildman–Crippen LogP) is 0.745. The van der Waals surface area contributed by atoms with Gasteiger partial charge < -0.3 is 26.2 Å². The van der Waals surface area contributed by atoms with Gasteiger partial charge in [-0.15, -0.1) is 0 Å². The molecule has 2 aliphatic heterocycles. The molecule has 0 saturated carbocycles. The van der Waals surface area contributed by atoms with Crippen LogP contribution in [-0.4, -0.2) is 82.9 Å². The minimum absolute atomic E-state index is 0.0695. The zero-order valence-corrected chi connectivity index (χ0v) is 22.8. The SMILES string of the molecule is NC(=O)C(=O)[C@H](Cc1ccccc1)NC(=O)[C@@H]1CCCN1C(=O)[C@H](Cc1ccccc1)NC(=O)N1CCC(=O)CC1. The highest BCUT2D eigenvalue weighted by Gasteiger charge is 2.39. The van der Waals surface area contributed by atoms with Crippen molar-refractivity contribution >= 4 is 35.3 Å². The fraction of sp³-hybridized carbons (Fsp3) is 0.400. The van der Waals surface area contributed by atoms with E-state index in [0.29, 0.717) is 19.4 Å². The quantitative estimate of drug-likeness (QED) is 0.363. The maximum absolute atomic E-state index is 13.9. The molecule has 0 aromatic heterocycles. The fourth-order valence-corrected chi connectivity index (χ4v) is 5.25. The Balaban J connectivity index is 1.50. The first-order valence-corrected chi connectivity index (χ1v) is 13.8. The zero-order chi connectivity index (χ0) is 29.4. The Hall–Kier alpha value is -4.54. The number of hydrogen-bond acceptors (Lipinski definition) is 6. The summed E-state index contributed by atoms with van der Waals surface area (Å²) in [5, 5.41) is 5.48. The van der Waals surface area contributed by atoms with E-state index in [1.807, 2.05) is 36.4 Å². The second-order valence-electron chi connectivity index (χ2n) is 10.4. The van der Waals surface area contributed by atoms with E-state index in [4.69, 9.17) is 5.73 Å². The van der Waals surface area contributed by atoms with Crippen LogP contribution >= 0.6 is 0 Å². The lowest BCUT2D eigenvalue weighted by molar-refractivity contribution is -0.142. The maximum Gasteiger partial charge on any atom is 0.318 e. The highest BCUT2D eigenvalue weighted by Crippen LogP contribution is 2.21. The molecule has 0 bridgehead atoms. The largest absolute Gasteiger partial charge is 0.363 e. The van der Waals surface area contributed by atoms with Gasteiger partial charge in [0.1, 0.15) is 23.9 Å². The van der Waals surface area contributed by atoms with Crippen molar-refractivity contribution in [2.24, 2.45) is 5.73 Å². The second kappa shape index (κ2) is 13.7.